The maximum atomic E-state index is 4.89. The number of nitrogens with zero attached hydrogens (tertiary/aromatic N) is 6. The van der Waals surface area contributed by atoms with E-state index < -0.39 is 0 Å². The Morgan fingerprint density at radius 3 is 2.52 bits per heavy atom. The van der Waals surface area contributed by atoms with E-state index in [0.29, 0.717) is 11.8 Å². The third kappa shape index (κ3) is 3.89. The van der Waals surface area contributed by atoms with Gasteiger partial charge in [0.1, 0.15) is 6.33 Å². The highest BCUT2D eigenvalue weighted by Crippen LogP contribution is 2.40. The maximum Gasteiger partial charge on any atom is 0.158 e. The fourth-order valence-electron chi connectivity index (χ4n) is 5.61. The Kier molecular flexibility index (Phi) is 5.56. The summed E-state index contributed by atoms with van der Waals surface area (Å²) in [6, 6.07) is 2.96. The van der Waals surface area contributed by atoms with Crippen LogP contribution in [0.2, 0.25) is 0 Å². The normalized spacial score (nSPS) is 23.8. The summed E-state index contributed by atoms with van der Waals surface area (Å²) in [7, 11) is 2.24. The molecule has 7 nitrogen and oxygen atoms in total. The summed E-state index contributed by atoms with van der Waals surface area (Å²) in [5, 5.41) is 12.7. The summed E-state index contributed by atoms with van der Waals surface area (Å²) < 4.78 is 1.87. The standard InChI is InChI=1S/C24H35N7/c1-16(2)21-22(18-5-7-20(8-6-18)30-11-9-29(4)10-12-30)27-28-23(21)19-13-17(3)24-25-15-26-31(24)14-19/h13-16,18,20H,5-12H2,1-4H3,(H,27,28). The van der Waals surface area contributed by atoms with Crippen molar-refractivity contribution in [1.29, 1.82) is 0 Å². The van der Waals surface area contributed by atoms with Gasteiger partial charge in [-0.3, -0.25) is 10.00 Å². The molecule has 5 rings (SSSR count). The number of pyridine rings is 1. The number of rotatable bonds is 4. The second-order valence-electron chi connectivity index (χ2n) is 9.84. The topological polar surface area (TPSA) is 65.4 Å². The minimum Gasteiger partial charge on any atom is -0.304 e. The van der Waals surface area contributed by atoms with Crippen LogP contribution in [0.25, 0.3) is 16.9 Å². The van der Waals surface area contributed by atoms with Crippen molar-refractivity contribution in [2.75, 3.05) is 33.2 Å². The Bertz CT molecular complexity index is 1030. The molecular weight excluding hydrogens is 386 g/mol. The van der Waals surface area contributed by atoms with Crippen molar-refractivity contribution in [3.63, 3.8) is 0 Å². The zero-order valence-corrected chi connectivity index (χ0v) is 19.3. The molecule has 7 heteroatoms. The number of nitrogens with one attached hydrogen (secondary N) is 1. The lowest BCUT2D eigenvalue weighted by atomic mass is 9.80. The van der Waals surface area contributed by atoms with Crippen LogP contribution in [0, 0.1) is 6.92 Å². The molecule has 4 heterocycles. The molecule has 1 N–H and O–H groups in total. The van der Waals surface area contributed by atoms with Crippen molar-refractivity contribution in [2.24, 2.45) is 0 Å². The third-order valence-electron chi connectivity index (χ3n) is 7.40. The van der Waals surface area contributed by atoms with Crippen molar-refractivity contribution in [1.82, 2.24) is 34.6 Å². The quantitative estimate of drug-likeness (QED) is 0.694. The van der Waals surface area contributed by atoms with Crippen LogP contribution in [0.5, 0.6) is 0 Å². The Labute approximate surface area is 184 Å². The minimum atomic E-state index is 0.422. The van der Waals surface area contributed by atoms with E-state index in [4.69, 9.17) is 5.10 Å². The first kappa shape index (κ1) is 20.6. The van der Waals surface area contributed by atoms with Gasteiger partial charge < -0.3 is 4.90 Å². The van der Waals surface area contributed by atoms with Crippen molar-refractivity contribution >= 4 is 5.65 Å². The van der Waals surface area contributed by atoms with Crippen molar-refractivity contribution in [2.45, 2.75) is 64.3 Å². The highest BCUT2D eigenvalue weighted by Gasteiger charge is 2.31. The molecule has 0 amide bonds. The predicted octanol–water partition coefficient (Wildman–Crippen LogP) is 3.82. The highest BCUT2D eigenvalue weighted by atomic mass is 15.3. The van der Waals surface area contributed by atoms with E-state index in [9.17, 15) is 0 Å². The van der Waals surface area contributed by atoms with Crippen LogP contribution in [-0.2, 0) is 0 Å². The monoisotopic (exact) mass is 421 g/mol. The summed E-state index contributed by atoms with van der Waals surface area (Å²) in [5.41, 5.74) is 7.00. The van der Waals surface area contributed by atoms with Crippen molar-refractivity contribution in [3.8, 4) is 11.3 Å². The fraction of sp³-hybridized carbons (Fsp3) is 0.625. The zero-order valence-electron chi connectivity index (χ0n) is 19.3. The Morgan fingerprint density at radius 1 is 1.06 bits per heavy atom. The van der Waals surface area contributed by atoms with Crippen LogP contribution < -0.4 is 0 Å². The first-order valence-corrected chi connectivity index (χ1v) is 11.8. The number of aromatic nitrogens is 5. The third-order valence-corrected chi connectivity index (χ3v) is 7.40. The first-order chi connectivity index (χ1) is 15.0. The highest BCUT2D eigenvalue weighted by molar-refractivity contribution is 5.68. The molecule has 0 radical (unpaired) electrons. The summed E-state index contributed by atoms with van der Waals surface area (Å²) in [6.07, 6.45) is 8.75. The van der Waals surface area contributed by atoms with Gasteiger partial charge in [-0.25, -0.2) is 9.50 Å². The molecule has 0 spiro atoms. The molecule has 3 aromatic rings. The number of aryl methyl sites for hydroxylation is 1. The molecule has 1 aliphatic carbocycles. The predicted molar refractivity (Wildman–Crippen MR) is 123 cm³/mol. The maximum absolute atomic E-state index is 4.89. The Balaban J connectivity index is 1.37. The van der Waals surface area contributed by atoms with Crippen LogP contribution in [0.3, 0.4) is 0 Å². The second-order valence-corrected chi connectivity index (χ2v) is 9.84. The molecular formula is C24H35N7. The molecule has 2 fully saturated rings. The van der Waals surface area contributed by atoms with E-state index in [0.717, 1.165) is 28.5 Å². The van der Waals surface area contributed by atoms with E-state index in [-0.39, 0.29) is 0 Å². The van der Waals surface area contributed by atoms with Crippen LogP contribution >= 0.6 is 0 Å². The molecule has 1 saturated heterocycles. The largest absolute Gasteiger partial charge is 0.304 e. The van der Waals surface area contributed by atoms with Gasteiger partial charge in [-0.15, -0.1) is 0 Å². The van der Waals surface area contributed by atoms with Gasteiger partial charge >= 0.3 is 0 Å². The molecule has 2 aliphatic rings. The van der Waals surface area contributed by atoms with Gasteiger partial charge in [0.05, 0.1) is 11.4 Å². The van der Waals surface area contributed by atoms with Gasteiger partial charge in [-0.1, -0.05) is 13.8 Å². The van der Waals surface area contributed by atoms with Crippen molar-refractivity contribution in [3.05, 3.63) is 35.4 Å². The van der Waals surface area contributed by atoms with Crippen LogP contribution in [0.4, 0.5) is 0 Å². The Morgan fingerprint density at radius 2 is 1.81 bits per heavy atom. The van der Waals surface area contributed by atoms with E-state index in [1.165, 1.54) is 63.1 Å². The van der Waals surface area contributed by atoms with Gasteiger partial charge in [0.15, 0.2) is 5.65 Å². The Hall–Kier alpha value is -2.25. The minimum absolute atomic E-state index is 0.422. The van der Waals surface area contributed by atoms with E-state index in [1.807, 2.05) is 4.52 Å². The molecule has 0 unspecified atom stereocenters. The molecule has 1 saturated carbocycles. The van der Waals surface area contributed by atoms with Gasteiger partial charge in [0.2, 0.25) is 0 Å². The zero-order chi connectivity index (χ0) is 21.5. The summed E-state index contributed by atoms with van der Waals surface area (Å²) >= 11 is 0. The molecule has 0 atom stereocenters. The second kappa shape index (κ2) is 8.36. The van der Waals surface area contributed by atoms with Gasteiger partial charge in [-0.05, 0) is 57.2 Å². The summed E-state index contributed by atoms with van der Waals surface area (Å²) in [4.78, 5) is 9.53. The lowest BCUT2D eigenvalue weighted by Gasteiger charge is -2.41. The summed E-state index contributed by atoms with van der Waals surface area (Å²) in [6.45, 7) is 11.5. The lowest BCUT2D eigenvalue weighted by Crippen LogP contribution is -2.49. The van der Waals surface area contributed by atoms with Gasteiger partial charge in [-0.2, -0.15) is 10.2 Å². The first-order valence-electron chi connectivity index (χ1n) is 11.8. The van der Waals surface area contributed by atoms with Gasteiger partial charge in [0.25, 0.3) is 0 Å². The summed E-state index contributed by atoms with van der Waals surface area (Å²) in [5.74, 6) is 0.980. The number of hydrogen-bond donors (Lipinski definition) is 1. The lowest BCUT2D eigenvalue weighted by molar-refractivity contribution is 0.0875. The van der Waals surface area contributed by atoms with Crippen molar-refractivity contribution < 1.29 is 0 Å². The number of hydrogen-bond acceptors (Lipinski definition) is 5. The van der Waals surface area contributed by atoms with E-state index >= 15 is 0 Å². The average Bonchev–Trinajstić information content (AvgIpc) is 3.42. The average molecular weight is 422 g/mol. The number of piperazine rings is 1. The van der Waals surface area contributed by atoms with E-state index in [1.54, 1.807) is 6.33 Å². The fourth-order valence-corrected chi connectivity index (χ4v) is 5.61. The number of aromatic amines is 1. The number of likely N-dealkylation sites (N-methyl/N-ethyl adjacent to an activating group) is 1. The number of H-pyrrole nitrogens is 1. The SMILES string of the molecule is Cc1cc(-c2[nH]nc(C3CCC(N4CCN(C)CC4)CC3)c2C(C)C)cn2ncnc12. The molecule has 3 aromatic heterocycles. The number of fused-ring (bicyclic) bond motifs is 1. The van der Waals surface area contributed by atoms with Gasteiger partial charge in [0, 0.05) is 55.5 Å². The molecule has 166 valence electrons. The van der Waals surface area contributed by atoms with Crippen LogP contribution in [-0.4, -0.2) is 73.9 Å². The molecule has 1 aliphatic heterocycles. The molecule has 0 bridgehead atoms. The van der Waals surface area contributed by atoms with Crippen LogP contribution in [0.1, 0.15) is 68.2 Å². The molecule has 0 aromatic carbocycles. The smallest absolute Gasteiger partial charge is 0.158 e. The van der Waals surface area contributed by atoms with E-state index in [2.05, 4.69) is 65.1 Å². The molecule has 31 heavy (non-hydrogen) atoms. The van der Waals surface area contributed by atoms with Crippen LogP contribution in [0.15, 0.2) is 18.6 Å².